The number of nitrogens with zero attached hydrogens (tertiary/aromatic N) is 1. The molecule has 3 aromatic rings. The highest BCUT2D eigenvalue weighted by Gasteiger charge is 2.30. The average molecular weight is 444 g/mol. The lowest BCUT2D eigenvalue weighted by molar-refractivity contribution is -0.0282. The lowest BCUT2D eigenvalue weighted by atomic mass is 10.0. The van der Waals surface area contributed by atoms with Crippen LogP contribution in [-0.4, -0.2) is 49.5 Å². The fourth-order valence-electron chi connectivity index (χ4n) is 3.77. The fraction of sp³-hybridized carbons (Fsp3) is 0.333. The number of hydrogen-bond acceptors (Lipinski definition) is 6. The molecular weight excluding hydrogens is 418 g/mol. The number of hydrogen-bond donors (Lipinski definition) is 1. The maximum Gasteiger partial charge on any atom is 0.164 e. The van der Waals surface area contributed by atoms with Gasteiger partial charge in [0.1, 0.15) is 23.4 Å². The van der Waals surface area contributed by atoms with Crippen LogP contribution >= 0.6 is 11.6 Å². The van der Waals surface area contributed by atoms with Crippen molar-refractivity contribution in [2.24, 2.45) is 0 Å². The Balaban J connectivity index is 1.41. The third-order valence-corrected chi connectivity index (χ3v) is 5.64. The summed E-state index contributed by atoms with van der Waals surface area (Å²) in [4.78, 5) is 2.22. The molecule has 0 aliphatic carbocycles. The Hall–Kier alpha value is -2.67. The van der Waals surface area contributed by atoms with Gasteiger partial charge >= 0.3 is 0 Å². The highest BCUT2D eigenvalue weighted by molar-refractivity contribution is 6.30. The molecule has 0 unspecified atom stereocenters. The van der Waals surface area contributed by atoms with Crippen LogP contribution in [-0.2, 0) is 6.54 Å². The first-order valence-corrected chi connectivity index (χ1v) is 10.6. The summed E-state index contributed by atoms with van der Waals surface area (Å²) < 4.78 is 22.7. The van der Waals surface area contributed by atoms with Gasteiger partial charge in [0.15, 0.2) is 11.5 Å². The number of aliphatic hydroxyl groups is 1. The molecule has 1 aromatic heterocycles. The molecule has 4 rings (SSSR count). The molecule has 164 valence electrons. The summed E-state index contributed by atoms with van der Waals surface area (Å²) in [6.45, 7) is 1.99. The number of benzene rings is 2. The number of rotatable bonds is 7. The van der Waals surface area contributed by atoms with Gasteiger partial charge in [0, 0.05) is 29.7 Å². The second-order valence-electron chi connectivity index (χ2n) is 7.54. The largest absolute Gasteiger partial charge is 0.493 e. The molecule has 7 heteroatoms. The summed E-state index contributed by atoms with van der Waals surface area (Å²) in [6.07, 6.45) is -0.267. The maximum absolute atomic E-state index is 10.5. The van der Waals surface area contributed by atoms with Crippen molar-refractivity contribution in [3.63, 3.8) is 0 Å². The van der Waals surface area contributed by atoms with Crippen molar-refractivity contribution in [3.8, 4) is 28.6 Å². The third kappa shape index (κ3) is 5.15. The van der Waals surface area contributed by atoms with Crippen molar-refractivity contribution < 1.29 is 23.7 Å². The topological polar surface area (TPSA) is 64.3 Å². The van der Waals surface area contributed by atoms with Crippen LogP contribution < -0.4 is 14.2 Å². The van der Waals surface area contributed by atoms with Crippen LogP contribution in [0.3, 0.4) is 0 Å². The molecule has 6 nitrogen and oxygen atoms in total. The Morgan fingerprint density at radius 3 is 2.68 bits per heavy atom. The molecule has 1 fully saturated rings. The lowest BCUT2D eigenvalue weighted by Crippen LogP contribution is -2.49. The summed E-state index contributed by atoms with van der Waals surface area (Å²) in [5.41, 5.74) is 0.947. The fourth-order valence-corrected chi connectivity index (χ4v) is 3.96. The Labute approximate surface area is 186 Å². The minimum atomic E-state index is -0.539. The highest BCUT2D eigenvalue weighted by atomic mass is 35.5. The number of aliphatic hydroxyl groups excluding tert-OH is 1. The van der Waals surface area contributed by atoms with Crippen molar-refractivity contribution in [2.45, 2.75) is 25.2 Å². The molecule has 1 aliphatic rings. The van der Waals surface area contributed by atoms with Gasteiger partial charge in [0.05, 0.1) is 26.9 Å². The summed E-state index contributed by atoms with van der Waals surface area (Å²) >= 11 is 6.09. The number of piperidine rings is 1. The zero-order chi connectivity index (χ0) is 21.8. The Morgan fingerprint density at radius 2 is 1.90 bits per heavy atom. The van der Waals surface area contributed by atoms with Crippen LogP contribution in [0.4, 0.5) is 0 Å². The predicted octanol–water partition coefficient (Wildman–Crippen LogP) is 4.63. The van der Waals surface area contributed by atoms with Gasteiger partial charge in [-0.1, -0.05) is 23.7 Å². The van der Waals surface area contributed by atoms with Gasteiger partial charge in [-0.3, -0.25) is 4.90 Å². The average Bonchev–Trinajstić information content (AvgIpc) is 3.24. The molecule has 0 radical (unpaired) electrons. The standard InChI is InChI=1S/C24H26ClNO5/c1-28-22-9-6-18(13-23(22)29-2)30-24-15-26(11-10-20(24)27)14-19-7-8-21(31-19)16-4-3-5-17(25)12-16/h3-9,12-13,20,24,27H,10-11,14-15H2,1-2H3/t20-,24-/m1/s1. The van der Waals surface area contributed by atoms with Gasteiger partial charge in [-0.25, -0.2) is 0 Å². The minimum Gasteiger partial charge on any atom is -0.493 e. The number of likely N-dealkylation sites (tertiary alicyclic amines) is 1. The molecule has 2 aromatic carbocycles. The monoisotopic (exact) mass is 443 g/mol. The van der Waals surface area contributed by atoms with Gasteiger partial charge in [0.2, 0.25) is 0 Å². The zero-order valence-electron chi connectivity index (χ0n) is 17.6. The van der Waals surface area contributed by atoms with E-state index in [1.54, 1.807) is 26.4 Å². The second kappa shape index (κ2) is 9.64. The SMILES string of the molecule is COc1ccc(O[C@@H]2CN(Cc3ccc(-c4cccc(Cl)c4)o3)CC[C@H]2O)cc1OC. The van der Waals surface area contributed by atoms with Crippen LogP contribution in [0.2, 0.25) is 5.02 Å². The number of halogens is 1. The Kier molecular flexibility index (Phi) is 6.70. The molecule has 2 heterocycles. The smallest absolute Gasteiger partial charge is 0.164 e. The van der Waals surface area contributed by atoms with Crippen molar-refractivity contribution in [3.05, 3.63) is 65.4 Å². The van der Waals surface area contributed by atoms with E-state index < -0.39 is 6.10 Å². The summed E-state index contributed by atoms with van der Waals surface area (Å²) in [5.74, 6) is 3.49. The van der Waals surface area contributed by atoms with E-state index in [2.05, 4.69) is 4.90 Å². The number of furan rings is 1. The van der Waals surface area contributed by atoms with Crippen molar-refractivity contribution >= 4 is 11.6 Å². The molecule has 1 aliphatic heterocycles. The molecule has 1 N–H and O–H groups in total. The van der Waals surface area contributed by atoms with E-state index in [0.29, 0.717) is 41.8 Å². The highest BCUT2D eigenvalue weighted by Crippen LogP contribution is 2.32. The first-order chi connectivity index (χ1) is 15.1. The summed E-state index contributed by atoms with van der Waals surface area (Å²) in [6, 6.07) is 16.9. The maximum atomic E-state index is 10.5. The summed E-state index contributed by atoms with van der Waals surface area (Å²) in [7, 11) is 3.17. The van der Waals surface area contributed by atoms with Crippen LogP contribution in [0.15, 0.2) is 59.0 Å². The second-order valence-corrected chi connectivity index (χ2v) is 7.98. The predicted molar refractivity (Wildman–Crippen MR) is 119 cm³/mol. The van der Waals surface area contributed by atoms with Gasteiger partial charge in [-0.2, -0.15) is 0 Å². The van der Waals surface area contributed by atoms with E-state index in [1.165, 1.54) is 0 Å². The quantitative estimate of drug-likeness (QED) is 0.574. The Morgan fingerprint density at radius 1 is 1.06 bits per heavy atom. The molecule has 1 saturated heterocycles. The molecule has 0 amide bonds. The normalized spacial score (nSPS) is 19.2. The third-order valence-electron chi connectivity index (χ3n) is 5.40. The first-order valence-electron chi connectivity index (χ1n) is 10.2. The molecule has 31 heavy (non-hydrogen) atoms. The number of methoxy groups -OCH3 is 2. The minimum absolute atomic E-state index is 0.353. The van der Waals surface area contributed by atoms with E-state index in [9.17, 15) is 5.11 Å². The van der Waals surface area contributed by atoms with E-state index in [1.807, 2.05) is 42.5 Å². The molecule has 0 spiro atoms. The molecule has 0 saturated carbocycles. The molecule has 0 bridgehead atoms. The van der Waals surface area contributed by atoms with Crippen LogP contribution in [0.1, 0.15) is 12.2 Å². The van der Waals surface area contributed by atoms with Crippen molar-refractivity contribution in [1.29, 1.82) is 0 Å². The van der Waals surface area contributed by atoms with E-state index in [-0.39, 0.29) is 6.10 Å². The van der Waals surface area contributed by atoms with Crippen molar-refractivity contribution in [1.82, 2.24) is 4.90 Å². The van der Waals surface area contributed by atoms with E-state index >= 15 is 0 Å². The van der Waals surface area contributed by atoms with Gasteiger partial charge < -0.3 is 23.7 Å². The molecular formula is C24H26ClNO5. The lowest BCUT2D eigenvalue weighted by Gasteiger charge is -2.35. The van der Waals surface area contributed by atoms with Crippen LogP contribution in [0.25, 0.3) is 11.3 Å². The van der Waals surface area contributed by atoms with Crippen LogP contribution in [0, 0.1) is 0 Å². The number of ether oxygens (including phenoxy) is 3. The summed E-state index contributed by atoms with van der Waals surface area (Å²) in [5, 5.41) is 11.2. The Bertz CT molecular complexity index is 1020. The molecule has 2 atom stereocenters. The van der Waals surface area contributed by atoms with Crippen molar-refractivity contribution in [2.75, 3.05) is 27.3 Å². The zero-order valence-corrected chi connectivity index (χ0v) is 18.3. The van der Waals surface area contributed by atoms with Crippen LogP contribution in [0.5, 0.6) is 17.2 Å². The van der Waals surface area contributed by atoms with E-state index in [0.717, 1.165) is 23.6 Å². The van der Waals surface area contributed by atoms with Gasteiger partial charge in [-0.15, -0.1) is 0 Å². The van der Waals surface area contributed by atoms with Gasteiger partial charge in [0.25, 0.3) is 0 Å². The van der Waals surface area contributed by atoms with E-state index in [4.69, 9.17) is 30.2 Å². The first kappa shape index (κ1) is 21.6. The van der Waals surface area contributed by atoms with Gasteiger partial charge in [-0.05, 0) is 42.8 Å².